The third-order valence-electron chi connectivity index (χ3n) is 6.60. The van der Waals surface area contributed by atoms with Crippen LogP contribution < -0.4 is 0 Å². The number of rotatable bonds is 3. The SMILES string of the molecule is Cc1p[c-](C)c(C)c1C.Cc1p[c-](C)c(C)c1C.[CH2-]C([C](=[Ti])c1ccccc1)c1ccccc1. The van der Waals surface area contributed by atoms with Crippen LogP contribution in [0.4, 0.5) is 0 Å². The molecule has 0 saturated carbocycles. The van der Waals surface area contributed by atoms with Gasteiger partial charge in [0.05, 0.1) is 0 Å². The molecule has 0 saturated heterocycles. The van der Waals surface area contributed by atoms with Gasteiger partial charge in [0, 0.05) is 0 Å². The first-order chi connectivity index (χ1) is 16.0. The molecule has 3 heteroatoms. The molecule has 2 aromatic heterocycles. The molecule has 0 aliphatic carbocycles. The third-order valence-corrected chi connectivity index (χ3v) is 10.3. The van der Waals surface area contributed by atoms with Gasteiger partial charge in [-0.2, -0.15) is 32.8 Å². The summed E-state index contributed by atoms with van der Waals surface area (Å²) in [4.78, 5) is 0. The quantitative estimate of drug-likeness (QED) is 0.187. The van der Waals surface area contributed by atoms with Gasteiger partial charge in [-0.3, -0.25) is 0 Å². The van der Waals surface area contributed by atoms with Crippen LogP contribution in [0.15, 0.2) is 60.7 Å². The van der Waals surface area contributed by atoms with Crippen LogP contribution in [0.3, 0.4) is 0 Å². The fourth-order valence-corrected chi connectivity index (χ4v) is 6.46. The van der Waals surface area contributed by atoms with Crippen molar-refractivity contribution in [3.63, 3.8) is 0 Å². The molecule has 1 atom stereocenters. The Morgan fingerprint density at radius 3 is 1.38 bits per heavy atom. The molecular weight excluding hydrogens is 482 g/mol. The number of hydrogen-bond acceptors (Lipinski definition) is 0. The van der Waals surface area contributed by atoms with Crippen molar-refractivity contribution >= 4 is 20.2 Å². The van der Waals surface area contributed by atoms with Crippen molar-refractivity contribution in [3.8, 4) is 0 Å². The molecule has 0 aliphatic heterocycles. The predicted octanol–water partition coefficient (Wildman–Crippen LogP) is 9.81. The summed E-state index contributed by atoms with van der Waals surface area (Å²) in [6, 6.07) is 20.9. The number of hydrogen-bond donors (Lipinski definition) is 0. The molecule has 4 aromatic rings. The van der Waals surface area contributed by atoms with Gasteiger partial charge in [-0.1, -0.05) is 55.4 Å². The van der Waals surface area contributed by atoms with Crippen LogP contribution in [-0.4, -0.2) is 3.81 Å². The van der Waals surface area contributed by atoms with Gasteiger partial charge < -0.3 is 0 Å². The third kappa shape index (κ3) is 7.80. The average molecular weight is 519 g/mol. The monoisotopic (exact) mass is 519 g/mol. The second kappa shape index (κ2) is 13.6. The van der Waals surface area contributed by atoms with E-state index in [1.165, 1.54) is 74.8 Å². The first kappa shape index (κ1) is 28.8. The van der Waals surface area contributed by atoms with Crippen LogP contribution in [0.1, 0.15) is 60.5 Å². The van der Waals surface area contributed by atoms with Gasteiger partial charge in [0.1, 0.15) is 0 Å². The molecule has 0 fully saturated rings. The van der Waals surface area contributed by atoms with Gasteiger partial charge >= 0.3 is 108 Å². The minimum absolute atomic E-state index is 0.226. The number of aryl methyl sites for hydroxylation is 4. The van der Waals surface area contributed by atoms with E-state index in [1.807, 2.05) is 12.1 Å². The molecule has 4 rings (SSSR count). The number of benzene rings is 2. The topological polar surface area (TPSA) is 0 Å². The zero-order valence-electron chi connectivity index (χ0n) is 22.0. The molecule has 0 spiro atoms. The molecule has 0 N–H and O–H groups in total. The van der Waals surface area contributed by atoms with Crippen molar-refractivity contribution in [2.24, 2.45) is 0 Å². The van der Waals surface area contributed by atoms with Crippen LogP contribution in [0.5, 0.6) is 0 Å². The Labute approximate surface area is 222 Å². The van der Waals surface area contributed by atoms with E-state index in [2.05, 4.69) is 131 Å². The molecule has 2 heterocycles. The Kier molecular flexibility index (Phi) is 11.5. The van der Waals surface area contributed by atoms with E-state index in [9.17, 15) is 0 Å². The summed E-state index contributed by atoms with van der Waals surface area (Å²) in [6.45, 7) is 21.9. The summed E-state index contributed by atoms with van der Waals surface area (Å²) in [5.41, 5.74) is 8.52. The van der Waals surface area contributed by atoms with Gasteiger partial charge in [0.2, 0.25) is 0 Å². The summed E-state index contributed by atoms with van der Waals surface area (Å²) >= 11 is 2.15. The zero-order chi connectivity index (χ0) is 25.4. The Bertz CT molecular complexity index is 1100. The van der Waals surface area contributed by atoms with Gasteiger partial charge in [-0.25, -0.2) is 16.4 Å². The molecule has 0 nitrogen and oxygen atoms in total. The standard InChI is InChI=1S/C15H13.2C8H12P.Ti/c1-13(15-10-6-3-7-11-15)12-14-8-4-2-5-9-14;2*1-5-6(2)8(4)9-7(5)3;/h2-11,13H,1H2;2*1-4H3;/q3*-1;. The molecule has 0 aliphatic rings. The van der Waals surface area contributed by atoms with Crippen molar-refractivity contribution in [2.75, 3.05) is 0 Å². The Morgan fingerprint density at radius 2 is 1.09 bits per heavy atom. The zero-order valence-corrected chi connectivity index (χ0v) is 25.3. The van der Waals surface area contributed by atoms with Crippen LogP contribution in [-0.2, 0) is 20.0 Å². The molecule has 1 unspecified atom stereocenters. The fraction of sp³-hybridized carbons (Fsp3) is 0.290. The summed E-state index contributed by atoms with van der Waals surface area (Å²) in [5.74, 6) is 0.226. The average Bonchev–Trinajstić information content (AvgIpc) is 3.21. The van der Waals surface area contributed by atoms with Crippen molar-refractivity contribution in [3.05, 3.63) is 122 Å². The summed E-state index contributed by atoms with van der Waals surface area (Å²) in [7, 11) is 2.87. The maximum absolute atomic E-state index is 4.25. The normalized spacial score (nSPS) is 11.5. The van der Waals surface area contributed by atoms with Crippen LogP contribution in [0, 0.1) is 62.3 Å². The molecular formula is C31H37P2Ti-3. The van der Waals surface area contributed by atoms with E-state index in [4.69, 9.17) is 0 Å². The Morgan fingerprint density at radius 1 is 0.706 bits per heavy atom. The summed E-state index contributed by atoms with van der Waals surface area (Å²) in [6.07, 6.45) is 0. The summed E-state index contributed by atoms with van der Waals surface area (Å²) < 4.78 is 1.31. The van der Waals surface area contributed by atoms with E-state index in [0.717, 1.165) is 0 Å². The molecule has 0 bridgehead atoms. The molecule has 2 aromatic carbocycles. The van der Waals surface area contributed by atoms with Crippen molar-refractivity contribution in [1.29, 1.82) is 0 Å². The van der Waals surface area contributed by atoms with Crippen molar-refractivity contribution in [1.82, 2.24) is 0 Å². The first-order valence-corrected chi connectivity index (χ1v) is 14.3. The second-order valence-electron chi connectivity index (χ2n) is 8.81. The minimum atomic E-state index is 0.226. The van der Waals surface area contributed by atoms with Crippen LogP contribution in [0.25, 0.3) is 0 Å². The molecule has 0 amide bonds. The molecule has 34 heavy (non-hydrogen) atoms. The summed E-state index contributed by atoms with van der Waals surface area (Å²) in [5, 5.41) is 6.07. The Hall–Kier alpha value is -1.42. The van der Waals surface area contributed by atoms with E-state index in [-0.39, 0.29) is 5.92 Å². The van der Waals surface area contributed by atoms with Gasteiger partial charge in [0.15, 0.2) is 0 Å². The van der Waals surface area contributed by atoms with Crippen molar-refractivity contribution < 1.29 is 20.0 Å². The molecule has 178 valence electrons. The van der Waals surface area contributed by atoms with Gasteiger partial charge in [-0.05, 0) is 0 Å². The van der Waals surface area contributed by atoms with Crippen LogP contribution in [0.2, 0.25) is 0 Å². The maximum atomic E-state index is 4.25. The Balaban J connectivity index is 0.000000194. The van der Waals surface area contributed by atoms with Crippen LogP contribution >= 0.6 is 16.4 Å². The van der Waals surface area contributed by atoms with E-state index >= 15 is 0 Å². The van der Waals surface area contributed by atoms with E-state index < -0.39 is 0 Å². The second-order valence-corrected chi connectivity index (χ2v) is 12.8. The van der Waals surface area contributed by atoms with E-state index in [0.29, 0.717) is 0 Å². The fourth-order valence-electron chi connectivity index (χ4n) is 3.59. The predicted molar refractivity (Wildman–Crippen MR) is 152 cm³/mol. The van der Waals surface area contributed by atoms with Gasteiger partial charge in [-0.15, -0.1) is 10.6 Å². The molecule has 0 radical (unpaired) electrons. The van der Waals surface area contributed by atoms with Gasteiger partial charge in [0.25, 0.3) is 0 Å². The van der Waals surface area contributed by atoms with E-state index in [1.54, 1.807) is 0 Å². The van der Waals surface area contributed by atoms with Crippen molar-refractivity contribution in [2.45, 2.75) is 61.3 Å². The first-order valence-electron chi connectivity index (χ1n) is 11.7.